The van der Waals surface area contributed by atoms with Gasteiger partial charge in [-0.25, -0.2) is 19.7 Å². The third-order valence-corrected chi connectivity index (χ3v) is 3.39. The van der Waals surface area contributed by atoms with Crippen LogP contribution in [-0.4, -0.2) is 44.7 Å². The fourth-order valence-electron chi connectivity index (χ4n) is 2.26. The predicted molar refractivity (Wildman–Crippen MR) is 73.0 cm³/mol. The standard InChI is InChI=1S/C14H12N4O3/c1-8-9-5-3-4-6-10(9)16-11(15-8)7-18-13(20)12(19)17(2)14(18)21/h3-6H,7H2,1-2H3. The number of aryl methyl sites for hydroxylation is 1. The monoisotopic (exact) mass is 284 g/mol. The molecule has 0 spiro atoms. The van der Waals surface area contributed by atoms with E-state index in [9.17, 15) is 14.4 Å². The van der Waals surface area contributed by atoms with E-state index in [0.717, 1.165) is 26.4 Å². The molecule has 7 nitrogen and oxygen atoms in total. The third-order valence-electron chi connectivity index (χ3n) is 3.39. The van der Waals surface area contributed by atoms with Crippen molar-refractivity contribution in [3.8, 4) is 0 Å². The Hall–Kier alpha value is -2.83. The lowest BCUT2D eigenvalue weighted by Crippen LogP contribution is -2.31. The number of hydrogen-bond acceptors (Lipinski definition) is 5. The molecule has 0 atom stereocenters. The summed E-state index contributed by atoms with van der Waals surface area (Å²) >= 11 is 0. The number of para-hydroxylation sites is 1. The van der Waals surface area contributed by atoms with Gasteiger partial charge in [0.15, 0.2) is 0 Å². The quantitative estimate of drug-likeness (QED) is 0.603. The first-order chi connectivity index (χ1) is 9.99. The zero-order chi connectivity index (χ0) is 15.1. The molecule has 0 N–H and O–H groups in total. The second-order valence-electron chi connectivity index (χ2n) is 4.78. The minimum absolute atomic E-state index is 0.112. The molecule has 2 aromatic rings. The molecule has 0 bridgehead atoms. The van der Waals surface area contributed by atoms with Gasteiger partial charge in [-0.1, -0.05) is 18.2 Å². The Kier molecular flexibility index (Phi) is 2.90. The number of hydrogen-bond donors (Lipinski definition) is 0. The molecule has 21 heavy (non-hydrogen) atoms. The molecule has 4 amide bonds. The second kappa shape index (κ2) is 4.62. The van der Waals surface area contributed by atoms with E-state index in [0.29, 0.717) is 5.82 Å². The van der Waals surface area contributed by atoms with Gasteiger partial charge in [-0.15, -0.1) is 0 Å². The maximum atomic E-state index is 11.8. The summed E-state index contributed by atoms with van der Waals surface area (Å²) in [4.78, 5) is 45.3. The fourth-order valence-corrected chi connectivity index (χ4v) is 2.26. The van der Waals surface area contributed by atoms with Crippen LogP contribution in [0.25, 0.3) is 10.9 Å². The number of carbonyl (C=O) groups excluding carboxylic acids is 3. The van der Waals surface area contributed by atoms with Gasteiger partial charge in [0.1, 0.15) is 5.82 Å². The lowest BCUT2D eigenvalue weighted by Gasteiger charge is -2.12. The summed E-state index contributed by atoms with van der Waals surface area (Å²) < 4.78 is 0. The number of fused-ring (bicyclic) bond motifs is 1. The molecule has 3 rings (SSSR count). The van der Waals surface area contributed by atoms with Gasteiger partial charge in [0, 0.05) is 18.1 Å². The molecule has 0 aliphatic carbocycles. The van der Waals surface area contributed by atoms with Gasteiger partial charge >= 0.3 is 17.8 Å². The van der Waals surface area contributed by atoms with Crippen LogP contribution in [-0.2, 0) is 16.1 Å². The van der Waals surface area contributed by atoms with Gasteiger partial charge in [0.2, 0.25) is 0 Å². The van der Waals surface area contributed by atoms with Crippen LogP contribution in [0.2, 0.25) is 0 Å². The van der Waals surface area contributed by atoms with E-state index >= 15 is 0 Å². The van der Waals surface area contributed by atoms with Gasteiger partial charge < -0.3 is 0 Å². The number of nitrogens with zero attached hydrogens (tertiary/aromatic N) is 4. The van der Waals surface area contributed by atoms with Crippen LogP contribution in [0.3, 0.4) is 0 Å². The second-order valence-corrected chi connectivity index (χ2v) is 4.78. The predicted octanol–water partition coefficient (Wildman–Crippen LogP) is 0.859. The number of rotatable bonds is 2. The number of urea groups is 1. The maximum absolute atomic E-state index is 11.8. The fraction of sp³-hybridized carbons (Fsp3) is 0.214. The number of benzene rings is 1. The Morgan fingerprint density at radius 2 is 1.76 bits per heavy atom. The number of amides is 4. The number of aromatic nitrogens is 2. The summed E-state index contributed by atoms with van der Waals surface area (Å²) in [6, 6.07) is 6.82. The van der Waals surface area contributed by atoms with Gasteiger partial charge in [-0.3, -0.25) is 14.5 Å². The van der Waals surface area contributed by atoms with E-state index in [1.807, 2.05) is 31.2 Å². The summed E-state index contributed by atoms with van der Waals surface area (Å²) in [6.45, 7) is 1.72. The minimum atomic E-state index is -0.850. The molecule has 0 unspecified atom stereocenters. The van der Waals surface area contributed by atoms with Crippen molar-refractivity contribution < 1.29 is 14.4 Å². The molecule has 1 aliphatic heterocycles. The highest BCUT2D eigenvalue weighted by atomic mass is 16.2. The number of imide groups is 2. The van der Waals surface area contributed by atoms with Crippen LogP contribution >= 0.6 is 0 Å². The van der Waals surface area contributed by atoms with Gasteiger partial charge in [-0.05, 0) is 13.0 Å². The number of likely N-dealkylation sites (N-methyl/N-ethyl adjacent to an activating group) is 1. The SMILES string of the molecule is Cc1nc(CN2C(=O)C(=O)N(C)C2=O)nc2ccccc12. The van der Waals surface area contributed by atoms with E-state index in [1.165, 1.54) is 7.05 Å². The summed E-state index contributed by atoms with van der Waals surface area (Å²) in [5, 5.41) is 0.911. The molecular weight excluding hydrogens is 272 g/mol. The van der Waals surface area contributed by atoms with Crippen molar-refractivity contribution in [3.63, 3.8) is 0 Å². The van der Waals surface area contributed by atoms with Crippen LogP contribution in [0.4, 0.5) is 4.79 Å². The molecular formula is C14H12N4O3. The Balaban J connectivity index is 1.97. The van der Waals surface area contributed by atoms with Crippen LogP contribution in [0.1, 0.15) is 11.5 Å². The smallest absolute Gasteiger partial charge is 0.263 e. The van der Waals surface area contributed by atoms with Gasteiger partial charge in [0.05, 0.1) is 12.1 Å². The zero-order valence-electron chi connectivity index (χ0n) is 11.5. The molecule has 7 heteroatoms. The Labute approximate surface area is 120 Å². The molecule has 0 saturated carbocycles. The van der Waals surface area contributed by atoms with E-state index in [-0.39, 0.29) is 6.54 Å². The first-order valence-electron chi connectivity index (χ1n) is 6.35. The van der Waals surface area contributed by atoms with Crippen molar-refractivity contribution >= 4 is 28.7 Å². The first kappa shape index (κ1) is 13.2. The summed E-state index contributed by atoms with van der Waals surface area (Å²) in [5.74, 6) is -1.36. The van der Waals surface area contributed by atoms with Crippen LogP contribution in [0.5, 0.6) is 0 Å². The van der Waals surface area contributed by atoms with E-state index in [1.54, 1.807) is 0 Å². The molecule has 1 aromatic heterocycles. The summed E-state index contributed by atoms with van der Waals surface area (Å²) in [7, 11) is 1.27. The lowest BCUT2D eigenvalue weighted by atomic mass is 10.2. The molecule has 1 fully saturated rings. The van der Waals surface area contributed by atoms with Crippen LogP contribution < -0.4 is 0 Å². The maximum Gasteiger partial charge on any atom is 0.334 e. The third kappa shape index (κ3) is 2.03. The van der Waals surface area contributed by atoms with Crippen molar-refractivity contribution in [1.82, 2.24) is 19.8 Å². The Morgan fingerprint density at radius 3 is 2.43 bits per heavy atom. The van der Waals surface area contributed by atoms with Crippen LogP contribution in [0.15, 0.2) is 24.3 Å². The molecule has 1 aliphatic rings. The van der Waals surface area contributed by atoms with Crippen molar-refractivity contribution in [2.24, 2.45) is 0 Å². The van der Waals surface area contributed by atoms with Gasteiger partial charge in [0.25, 0.3) is 0 Å². The summed E-state index contributed by atoms with van der Waals surface area (Å²) in [6.07, 6.45) is 0. The number of carbonyl (C=O) groups is 3. The highest BCUT2D eigenvalue weighted by Crippen LogP contribution is 2.17. The van der Waals surface area contributed by atoms with Crippen molar-refractivity contribution in [2.75, 3.05) is 7.05 Å². The van der Waals surface area contributed by atoms with Gasteiger partial charge in [-0.2, -0.15) is 0 Å². The van der Waals surface area contributed by atoms with E-state index in [2.05, 4.69) is 9.97 Å². The highest BCUT2D eigenvalue weighted by Gasteiger charge is 2.42. The molecule has 2 heterocycles. The average Bonchev–Trinajstić information content (AvgIpc) is 2.65. The van der Waals surface area contributed by atoms with Crippen molar-refractivity contribution in [2.45, 2.75) is 13.5 Å². The highest BCUT2D eigenvalue weighted by molar-refractivity contribution is 6.44. The van der Waals surface area contributed by atoms with E-state index in [4.69, 9.17) is 0 Å². The summed E-state index contributed by atoms with van der Waals surface area (Å²) in [5.41, 5.74) is 1.49. The zero-order valence-corrected chi connectivity index (χ0v) is 11.5. The molecule has 106 valence electrons. The van der Waals surface area contributed by atoms with Crippen molar-refractivity contribution in [1.29, 1.82) is 0 Å². The Bertz CT molecular complexity index is 787. The lowest BCUT2D eigenvalue weighted by molar-refractivity contribution is -0.143. The minimum Gasteiger partial charge on any atom is -0.263 e. The molecule has 1 aromatic carbocycles. The molecule has 0 radical (unpaired) electrons. The Morgan fingerprint density at radius 1 is 1.05 bits per heavy atom. The normalized spacial score (nSPS) is 15.4. The van der Waals surface area contributed by atoms with E-state index < -0.39 is 17.8 Å². The van der Waals surface area contributed by atoms with Crippen LogP contribution in [0, 0.1) is 6.92 Å². The molecule has 1 saturated heterocycles. The largest absolute Gasteiger partial charge is 0.334 e. The van der Waals surface area contributed by atoms with Crippen molar-refractivity contribution in [3.05, 3.63) is 35.8 Å². The topological polar surface area (TPSA) is 83.5 Å². The first-order valence-corrected chi connectivity index (χ1v) is 6.35. The average molecular weight is 284 g/mol.